The van der Waals surface area contributed by atoms with E-state index < -0.39 is 0 Å². The Morgan fingerprint density at radius 1 is 1.29 bits per heavy atom. The molecule has 1 atom stereocenters. The van der Waals surface area contributed by atoms with Crippen LogP contribution < -0.4 is 0 Å². The Bertz CT molecular complexity index is 366. The van der Waals surface area contributed by atoms with Gasteiger partial charge in [-0.05, 0) is 11.5 Å². The number of fused-ring (bicyclic) bond motifs is 1. The summed E-state index contributed by atoms with van der Waals surface area (Å²) in [5.74, 6) is 1.47. The van der Waals surface area contributed by atoms with Gasteiger partial charge in [-0.2, -0.15) is 0 Å². The predicted molar refractivity (Wildman–Crippen MR) is 58.2 cm³/mol. The fraction of sp³-hybridized carbons (Fsp3) is 0.571. The van der Waals surface area contributed by atoms with E-state index in [1.807, 2.05) is 25.3 Å². The highest BCUT2D eigenvalue weighted by atomic mass is 32.2. The van der Waals surface area contributed by atoms with Crippen LogP contribution in [0.2, 0.25) is 0 Å². The van der Waals surface area contributed by atoms with Gasteiger partial charge in [0.1, 0.15) is 5.84 Å². The van der Waals surface area contributed by atoms with Crippen molar-refractivity contribution >= 4 is 28.6 Å². The molecular formula is C7H10N6S. The lowest BCUT2D eigenvalue weighted by Crippen LogP contribution is -2.39. The molecule has 0 aromatic carbocycles. The maximum Gasteiger partial charge on any atom is 0.192 e. The first kappa shape index (κ1) is 9.32. The maximum atomic E-state index is 4.36. The first-order chi connectivity index (χ1) is 6.72. The quantitative estimate of drug-likeness (QED) is 0.594. The molecule has 0 saturated carbocycles. The maximum absolute atomic E-state index is 4.36. The first-order valence-electron chi connectivity index (χ1n) is 4.08. The molecule has 6 nitrogen and oxygen atoms in total. The van der Waals surface area contributed by atoms with Crippen molar-refractivity contribution in [2.75, 3.05) is 20.4 Å². The zero-order valence-corrected chi connectivity index (χ0v) is 8.99. The molecule has 0 bridgehead atoms. The number of hydrogen-bond donors (Lipinski definition) is 0. The molecule has 2 aliphatic rings. The number of rotatable bonds is 0. The van der Waals surface area contributed by atoms with E-state index in [1.54, 1.807) is 0 Å². The minimum absolute atomic E-state index is 0.208. The molecule has 0 aromatic rings. The van der Waals surface area contributed by atoms with Gasteiger partial charge in [-0.15, -0.1) is 10.2 Å². The monoisotopic (exact) mass is 210 g/mol. The van der Waals surface area contributed by atoms with E-state index in [-0.39, 0.29) is 6.04 Å². The molecule has 2 heterocycles. The Morgan fingerprint density at radius 2 is 2.07 bits per heavy atom. The molecule has 0 spiro atoms. The number of nitrogens with zero attached hydrogens (tertiary/aromatic N) is 6. The minimum Gasteiger partial charge on any atom is -0.364 e. The largest absolute Gasteiger partial charge is 0.364 e. The SMILES string of the molecule is CSC1=NC2=NN=NC2C(N(C)C)=N1. The fourth-order valence-electron chi connectivity index (χ4n) is 1.20. The van der Waals surface area contributed by atoms with Gasteiger partial charge in [0, 0.05) is 14.1 Å². The second kappa shape index (κ2) is 3.49. The molecule has 0 aromatic heterocycles. The van der Waals surface area contributed by atoms with Gasteiger partial charge < -0.3 is 4.90 Å². The molecule has 0 N–H and O–H groups in total. The van der Waals surface area contributed by atoms with Crippen molar-refractivity contribution in [3.8, 4) is 0 Å². The van der Waals surface area contributed by atoms with Crippen molar-refractivity contribution < 1.29 is 0 Å². The van der Waals surface area contributed by atoms with E-state index >= 15 is 0 Å². The van der Waals surface area contributed by atoms with Crippen molar-refractivity contribution in [3.63, 3.8) is 0 Å². The number of thioether (sulfide) groups is 1. The first-order valence-corrected chi connectivity index (χ1v) is 5.31. The van der Waals surface area contributed by atoms with Crippen molar-refractivity contribution in [2.45, 2.75) is 6.04 Å². The highest BCUT2D eigenvalue weighted by molar-refractivity contribution is 8.13. The molecule has 1 unspecified atom stereocenters. The van der Waals surface area contributed by atoms with Gasteiger partial charge in [-0.3, -0.25) is 0 Å². The highest BCUT2D eigenvalue weighted by Gasteiger charge is 2.31. The van der Waals surface area contributed by atoms with E-state index in [4.69, 9.17) is 0 Å². The molecule has 0 amide bonds. The second-order valence-corrected chi connectivity index (χ2v) is 3.80. The standard InChI is InChI=1S/C7H10N6S/c1-13(2)6-4-5(11-12-10-4)8-7(9-6)14-3/h4H,1-3H3. The Morgan fingerprint density at radius 3 is 2.71 bits per heavy atom. The van der Waals surface area contributed by atoms with Crippen molar-refractivity contribution in [2.24, 2.45) is 25.4 Å². The summed E-state index contributed by atoms with van der Waals surface area (Å²) in [6.45, 7) is 0. The predicted octanol–water partition coefficient (Wildman–Crippen LogP) is 0.827. The number of hydrogen-bond acceptors (Lipinski definition) is 7. The average Bonchev–Trinajstić information content (AvgIpc) is 2.63. The summed E-state index contributed by atoms with van der Waals surface area (Å²) in [7, 11) is 3.85. The van der Waals surface area contributed by atoms with Crippen LogP contribution in [0.15, 0.2) is 25.4 Å². The summed E-state index contributed by atoms with van der Waals surface area (Å²) < 4.78 is 0. The van der Waals surface area contributed by atoms with Crippen molar-refractivity contribution in [1.29, 1.82) is 0 Å². The zero-order chi connectivity index (χ0) is 10.1. The van der Waals surface area contributed by atoms with Crippen LogP contribution in [0.3, 0.4) is 0 Å². The second-order valence-electron chi connectivity index (χ2n) is 3.03. The highest BCUT2D eigenvalue weighted by Crippen LogP contribution is 2.18. The van der Waals surface area contributed by atoms with E-state index in [0.29, 0.717) is 11.0 Å². The van der Waals surface area contributed by atoms with E-state index in [0.717, 1.165) is 5.84 Å². The summed E-state index contributed by atoms with van der Waals surface area (Å²) in [5.41, 5.74) is 0. The third-order valence-corrected chi connectivity index (χ3v) is 2.41. The number of aliphatic imine (C=N–C) groups is 2. The Kier molecular flexibility index (Phi) is 2.32. The lowest BCUT2D eigenvalue weighted by Gasteiger charge is -2.21. The van der Waals surface area contributed by atoms with Gasteiger partial charge in [0.25, 0.3) is 0 Å². The summed E-state index contributed by atoms with van der Waals surface area (Å²) in [6, 6.07) is -0.208. The minimum atomic E-state index is -0.208. The van der Waals surface area contributed by atoms with Gasteiger partial charge in [0.15, 0.2) is 17.0 Å². The zero-order valence-electron chi connectivity index (χ0n) is 8.17. The molecule has 2 aliphatic heterocycles. The molecule has 0 fully saturated rings. The van der Waals surface area contributed by atoms with Gasteiger partial charge in [-0.25, -0.2) is 9.98 Å². The molecular weight excluding hydrogens is 200 g/mol. The summed E-state index contributed by atoms with van der Waals surface area (Å²) in [6.07, 6.45) is 1.93. The third kappa shape index (κ3) is 1.43. The van der Waals surface area contributed by atoms with E-state index in [2.05, 4.69) is 25.4 Å². The van der Waals surface area contributed by atoms with E-state index in [9.17, 15) is 0 Å². The van der Waals surface area contributed by atoms with Crippen LogP contribution >= 0.6 is 11.8 Å². The van der Waals surface area contributed by atoms with E-state index in [1.165, 1.54) is 11.8 Å². The molecule has 0 radical (unpaired) electrons. The molecule has 74 valence electrons. The van der Waals surface area contributed by atoms with Gasteiger partial charge in [-0.1, -0.05) is 11.8 Å². The molecule has 2 rings (SSSR count). The van der Waals surface area contributed by atoms with Crippen LogP contribution in [0.1, 0.15) is 0 Å². The Labute approximate surface area is 85.9 Å². The summed E-state index contributed by atoms with van der Waals surface area (Å²) >= 11 is 1.49. The average molecular weight is 210 g/mol. The Balaban J connectivity index is 2.38. The smallest absolute Gasteiger partial charge is 0.192 e. The number of likely N-dealkylation sites (N-methyl/N-ethyl adjacent to an activating group) is 1. The lowest BCUT2D eigenvalue weighted by atomic mass is 10.2. The van der Waals surface area contributed by atoms with Crippen LogP contribution in [0.5, 0.6) is 0 Å². The topological polar surface area (TPSA) is 65.0 Å². The molecule has 0 saturated heterocycles. The normalized spacial score (nSPS) is 23.9. The van der Waals surface area contributed by atoms with Gasteiger partial charge >= 0.3 is 0 Å². The lowest BCUT2D eigenvalue weighted by molar-refractivity contribution is 0.602. The fourth-order valence-corrected chi connectivity index (χ4v) is 1.57. The molecule has 7 heteroatoms. The van der Waals surface area contributed by atoms with Crippen molar-refractivity contribution in [1.82, 2.24) is 4.90 Å². The summed E-state index contributed by atoms with van der Waals surface area (Å²) in [5, 5.41) is 12.1. The van der Waals surface area contributed by atoms with Crippen LogP contribution in [0, 0.1) is 0 Å². The summed E-state index contributed by atoms with van der Waals surface area (Å²) in [4.78, 5) is 10.5. The van der Waals surface area contributed by atoms with Gasteiger partial charge in [0.2, 0.25) is 0 Å². The van der Waals surface area contributed by atoms with Crippen LogP contribution in [-0.4, -0.2) is 48.1 Å². The Hall–Kier alpha value is -1.24. The molecule has 0 aliphatic carbocycles. The van der Waals surface area contributed by atoms with Gasteiger partial charge in [0.05, 0.1) is 0 Å². The molecule has 14 heavy (non-hydrogen) atoms. The van der Waals surface area contributed by atoms with Crippen LogP contribution in [0.25, 0.3) is 0 Å². The van der Waals surface area contributed by atoms with Crippen LogP contribution in [0.4, 0.5) is 0 Å². The van der Waals surface area contributed by atoms with Crippen molar-refractivity contribution in [3.05, 3.63) is 0 Å². The number of amidine groups is 3. The third-order valence-electron chi connectivity index (χ3n) is 1.86. The van der Waals surface area contributed by atoms with Crippen LogP contribution in [-0.2, 0) is 0 Å².